The molecule has 3 heteroatoms. The van der Waals surface area contributed by atoms with Crippen LogP contribution in [0.15, 0.2) is 24.3 Å². The van der Waals surface area contributed by atoms with Crippen LogP contribution < -0.4 is 5.73 Å². The van der Waals surface area contributed by atoms with Crippen LogP contribution in [-0.4, -0.2) is 24.0 Å². The van der Waals surface area contributed by atoms with Crippen molar-refractivity contribution in [2.24, 2.45) is 5.73 Å². The van der Waals surface area contributed by atoms with Gasteiger partial charge in [0.05, 0.1) is 0 Å². The Bertz CT molecular complexity index is 369. The van der Waals surface area contributed by atoms with Crippen molar-refractivity contribution in [3.63, 3.8) is 0 Å². The number of hydrogen-bond donors (Lipinski definition) is 1. The molecule has 0 amide bonds. The van der Waals surface area contributed by atoms with Gasteiger partial charge in [-0.05, 0) is 50.0 Å². The minimum atomic E-state index is -0.184. The summed E-state index contributed by atoms with van der Waals surface area (Å²) in [4.78, 5) is 2.49. The lowest BCUT2D eigenvalue weighted by Gasteiger charge is -2.36. The number of benzene rings is 1. The summed E-state index contributed by atoms with van der Waals surface area (Å²) in [5.41, 5.74) is 7.53. The molecule has 0 fully saturated rings. The Morgan fingerprint density at radius 2 is 1.52 bits per heavy atom. The second kappa shape index (κ2) is 9.91. The molecule has 0 aliphatic rings. The average Bonchev–Trinajstić information content (AvgIpc) is 2.51. The predicted octanol–water partition coefficient (Wildman–Crippen LogP) is 4.51. The van der Waals surface area contributed by atoms with Crippen LogP contribution in [-0.2, 0) is 0 Å². The van der Waals surface area contributed by atoms with E-state index in [1.807, 2.05) is 12.1 Å². The number of nitrogens with zero attached hydrogens (tertiary/aromatic N) is 1. The van der Waals surface area contributed by atoms with Crippen molar-refractivity contribution >= 4 is 0 Å². The van der Waals surface area contributed by atoms with Crippen LogP contribution in [0.5, 0.6) is 0 Å². The number of unbranched alkanes of at least 4 members (excludes halogenated alkanes) is 2. The standard InChI is InChI=1S/C18H31FN2/c1-4-7-13-21(14-8-5-2)18(17(20)6-3)15-9-11-16(19)12-10-15/h9-12,17-18H,4-8,13-14,20H2,1-3H3. The molecule has 2 atom stereocenters. The van der Waals surface area contributed by atoms with Crippen LogP contribution in [0, 0.1) is 5.82 Å². The fraction of sp³-hybridized carbons (Fsp3) is 0.667. The van der Waals surface area contributed by atoms with E-state index in [2.05, 4.69) is 25.7 Å². The highest BCUT2D eigenvalue weighted by atomic mass is 19.1. The molecule has 0 aliphatic heterocycles. The second-order valence-electron chi connectivity index (χ2n) is 5.81. The molecule has 1 aromatic rings. The largest absolute Gasteiger partial charge is 0.326 e. The first kappa shape index (κ1) is 18.1. The lowest BCUT2D eigenvalue weighted by Crippen LogP contribution is -2.41. The second-order valence-corrected chi connectivity index (χ2v) is 5.81. The molecule has 0 aromatic heterocycles. The van der Waals surface area contributed by atoms with Crippen molar-refractivity contribution in [2.75, 3.05) is 13.1 Å². The molecule has 120 valence electrons. The van der Waals surface area contributed by atoms with Gasteiger partial charge in [0.25, 0.3) is 0 Å². The van der Waals surface area contributed by atoms with Crippen LogP contribution >= 0.6 is 0 Å². The zero-order valence-corrected chi connectivity index (χ0v) is 13.8. The van der Waals surface area contributed by atoms with Gasteiger partial charge < -0.3 is 5.73 Å². The molecule has 0 heterocycles. The van der Waals surface area contributed by atoms with Crippen LogP contribution in [0.25, 0.3) is 0 Å². The summed E-state index contributed by atoms with van der Waals surface area (Å²) in [5, 5.41) is 0. The summed E-state index contributed by atoms with van der Waals surface area (Å²) in [7, 11) is 0. The average molecular weight is 294 g/mol. The number of hydrogen-bond acceptors (Lipinski definition) is 2. The third kappa shape index (κ3) is 5.76. The molecule has 0 radical (unpaired) electrons. The summed E-state index contributed by atoms with van der Waals surface area (Å²) in [6, 6.07) is 7.14. The number of nitrogens with two attached hydrogens (primary N) is 1. The first-order valence-electron chi connectivity index (χ1n) is 8.39. The maximum absolute atomic E-state index is 13.2. The van der Waals surface area contributed by atoms with Crippen LogP contribution in [0.4, 0.5) is 4.39 Å². The SMILES string of the molecule is CCCCN(CCCC)C(c1ccc(F)cc1)C(N)CC. The van der Waals surface area contributed by atoms with Crippen molar-refractivity contribution in [1.29, 1.82) is 0 Å². The van der Waals surface area contributed by atoms with Gasteiger partial charge in [-0.1, -0.05) is 45.7 Å². The Hall–Kier alpha value is -0.930. The van der Waals surface area contributed by atoms with Crippen molar-refractivity contribution < 1.29 is 4.39 Å². The molecule has 2 N–H and O–H groups in total. The molecule has 1 aromatic carbocycles. The van der Waals surface area contributed by atoms with Crippen molar-refractivity contribution in [1.82, 2.24) is 4.90 Å². The van der Waals surface area contributed by atoms with Gasteiger partial charge in [-0.3, -0.25) is 4.90 Å². The Balaban J connectivity index is 2.97. The van der Waals surface area contributed by atoms with E-state index in [-0.39, 0.29) is 17.9 Å². The smallest absolute Gasteiger partial charge is 0.123 e. The third-order valence-electron chi connectivity index (χ3n) is 4.08. The molecule has 0 bridgehead atoms. The van der Waals surface area contributed by atoms with Gasteiger partial charge in [0.2, 0.25) is 0 Å². The monoisotopic (exact) mass is 294 g/mol. The first-order chi connectivity index (χ1) is 10.1. The lowest BCUT2D eigenvalue weighted by atomic mass is 9.95. The lowest BCUT2D eigenvalue weighted by molar-refractivity contribution is 0.164. The van der Waals surface area contributed by atoms with Crippen molar-refractivity contribution in [2.45, 2.75) is 65.0 Å². The maximum atomic E-state index is 13.2. The van der Waals surface area contributed by atoms with Crippen LogP contribution in [0.2, 0.25) is 0 Å². The van der Waals surface area contributed by atoms with Gasteiger partial charge in [-0.25, -0.2) is 4.39 Å². The molecule has 0 spiro atoms. The number of rotatable bonds is 10. The van der Waals surface area contributed by atoms with E-state index in [9.17, 15) is 4.39 Å². The van der Waals surface area contributed by atoms with Crippen molar-refractivity contribution in [3.05, 3.63) is 35.6 Å². The summed E-state index contributed by atoms with van der Waals surface area (Å²) in [5.74, 6) is -0.184. The molecule has 1 rings (SSSR count). The van der Waals surface area contributed by atoms with Gasteiger partial charge >= 0.3 is 0 Å². The molecule has 2 unspecified atom stereocenters. The Morgan fingerprint density at radius 1 is 1.00 bits per heavy atom. The Kier molecular flexibility index (Phi) is 8.55. The molecular formula is C18H31FN2. The van der Waals surface area contributed by atoms with E-state index in [1.165, 1.54) is 25.7 Å². The molecule has 0 saturated carbocycles. The van der Waals surface area contributed by atoms with Gasteiger partial charge in [-0.15, -0.1) is 0 Å². The highest BCUT2D eigenvalue weighted by Crippen LogP contribution is 2.26. The topological polar surface area (TPSA) is 29.3 Å². The van der Waals surface area contributed by atoms with E-state index in [0.717, 1.165) is 25.1 Å². The summed E-state index contributed by atoms with van der Waals surface area (Å²) in [6.45, 7) is 8.67. The van der Waals surface area contributed by atoms with Gasteiger partial charge in [0.15, 0.2) is 0 Å². The van der Waals surface area contributed by atoms with E-state index in [1.54, 1.807) is 12.1 Å². The van der Waals surface area contributed by atoms with Crippen LogP contribution in [0.1, 0.15) is 64.5 Å². The summed E-state index contributed by atoms with van der Waals surface area (Å²) >= 11 is 0. The number of halogens is 1. The normalized spacial score (nSPS) is 14.4. The van der Waals surface area contributed by atoms with Crippen molar-refractivity contribution in [3.8, 4) is 0 Å². The minimum Gasteiger partial charge on any atom is -0.326 e. The molecular weight excluding hydrogens is 263 g/mol. The summed E-state index contributed by atoms with van der Waals surface area (Å²) < 4.78 is 13.2. The predicted molar refractivity (Wildman–Crippen MR) is 88.8 cm³/mol. The van der Waals surface area contributed by atoms with E-state index in [0.29, 0.717) is 0 Å². The van der Waals surface area contributed by atoms with Gasteiger partial charge in [0.1, 0.15) is 5.82 Å². The van der Waals surface area contributed by atoms with Gasteiger partial charge in [0, 0.05) is 12.1 Å². The Labute approximate surface area is 129 Å². The fourth-order valence-corrected chi connectivity index (χ4v) is 2.72. The maximum Gasteiger partial charge on any atom is 0.123 e. The molecule has 0 saturated heterocycles. The Morgan fingerprint density at radius 3 is 1.95 bits per heavy atom. The molecule has 0 aliphatic carbocycles. The quantitative estimate of drug-likeness (QED) is 0.688. The first-order valence-corrected chi connectivity index (χ1v) is 8.39. The highest BCUT2D eigenvalue weighted by molar-refractivity contribution is 5.21. The van der Waals surface area contributed by atoms with E-state index in [4.69, 9.17) is 5.73 Å². The minimum absolute atomic E-state index is 0.0872. The van der Waals surface area contributed by atoms with Crippen LogP contribution in [0.3, 0.4) is 0 Å². The highest BCUT2D eigenvalue weighted by Gasteiger charge is 2.25. The third-order valence-corrected chi connectivity index (χ3v) is 4.08. The zero-order chi connectivity index (χ0) is 15.7. The fourth-order valence-electron chi connectivity index (χ4n) is 2.72. The summed E-state index contributed by atoms with van der Waals surface area (Å²) in [6.07, 6.45) is 5.65. The van der Waals surface area contributed by atoms with Gasteiger partial charge in [-0.2, -0.15) is 0 Å². The van der Waals surface area contributed by atoms with E-state index < -0.39 is 0 Å². The van der Waals surface area contributed by atoms with E-state index >= 15 is 0 Å². The zero-order valence-electron chi connectivity index (χ0n) is 13.8. The molecule has 21 heavy (non-hydrogen) atoms. The molecule has 2 nitrogen and oxygen atoms in total.